The second kappa shape index (κ2) is 7.48. The summed E-state index contributed by atoms with van der Waals surface area (Å²) in [6.07, 6.45) is -4.84. The highest BCUT2D eigenvalue weighted by Gasteiger charge is 2.36. The van der Waals surface area contributed by atoms with Gasteiger partial charge in [-0.1, -0.05) is 11.6 Å². The first kappa shape index (κ1) is 20.2. The molecule has 1 aliphatic rings. The Kier molecular flexibility index (Phi) is 5.40. The lowest BCUT2D eigenvalue weighted by atomic mass is 9.97. The molecule has 0 saturated carbocycles. The van der Waals surface area contributed by atoms with Crippen molar-refractivity contribution in [3.8, 4) is 11.5 Å². The number of Topliss-reactive ketones (excluding diaryl/α,β-unsaturated/α-hetero) is 2. The predicted octanol–water partition coefficient (Wildman–Crippen LogP) is 3.79. The molecule has 0 fully saturated rings. The van der Waals surface area contributed by atoms with Gasteiger partial charge in [-0.3, -0.25) is 14.6 Å². The number of nitrogens with zero attached hydrogens (tertiary/aromatic N) is 3. The standard InChI is InChI=1S/C18H15ClF3N3O3/c1-25(2)6-5-23-12-8-13(26)16-14(15(12)27)24-17(28-16)10-7-9(18(20,21)22)3-4-11(10)19/h3-4,7H,5-6,8H2,1-2H3. The number of ketones is 2. The molecule has 1 aromatic heterocycles. The van der Waals surface area contributed by atoms with Gasteiger partial charge in [0.05, 0.1) is 34.8 Å². The smallest absolute Gasteiger partial charge is 0.416 e. The normalized spacial score (nSPS) is 16.2. The average molecular weight is 414 g/mol. The average Bonchev–Trinajstić information content (AvgIpc) is 3.04. The Morgan fingerprint density at radius 3 is 2.64 bits per heavy atom. The lowest BCUT2D eigenvalue weighted by Crippen LogP contribution is -2.27. The van der Waals surface area contributed by atoms with E-state index in [1.807, 2.05) is 19.0 Å². The topological polar surface area (TPSA) is 75.8 Å². The third kappa shape index (κ3) is 4.00. The molecule has 1 aliphatic carbocycles. The molecular weight excluding hydrogens is 399 g/mol. The van der Waals surface area contributed by atoms with E-state index in [0.717, 1.165) is 18.2 Å². The highest BCUT2D eigenvalue weighted by Crippen LogP contribution is 2.37. The number of benzene rings is 1. The number of oxazole rings is 1. The summed E-state index contributed by atoms with van der Waals surface area (Å²) in [4.78, 5) is 34.8. The summed E-state index contributed by atoms with van der Waals surface area (Å²) in [7, 11) is 3.68. The maximum absolute atomic E-state index is 13.0. The molecule has 0 unspecified atom stereocenters. The number of hydrogen-bond acceptors (Lipinski definition) is 6. The van der Waals surface area contributed by atoms with Gasteiger partial charge in [-0.05, 0) is 32.3 Å². The van der Waals surface area contributed by atoms with Crippen LogP contribution in [0.2, 0.25) is 5.02 Å². The fourth-order valence-corrected chi connectivity index (χ4v) is 2.80. The van der Waals surface area contributed by atoms with Crippen LogP contribution in [0.3, 0.4) is 0 Å². The van der Waals surface area contributed by atoms with E-state index in [1.165, 1.54) is 0 Å². The van der Waals surface area contributed by atoms with E-state index in [-0.39, 0.29) is 40.1 Å². The van der Waals surface area contributed by atoms with Crippen molar-refractivity contribution in [2.24, 2.45) is 4.99 Å². The molecule has 1 aromatic carbocycles. The first-order chi connectivity index (χ1) is 13.1. The van der Waals surface area contributed by atoms with Crippen LogP contribution in [0, 0.1) is 0 Å². The summed E-state index contributed by atoms with van der Waals surface area (Å²) in [6.45, 7) is 0.905. The molecule has 0 bridgehead atoms. The Hall–Kier alpha value is -2.52. The Morgan fingerprint density at radius 1 is 1.29 bits per heavy atom. The summed E-state index contributed by atoms with van der Waals surface area (Å²) >= 11 is 5.98. The molecule has 0 aliphatic heterocycles. The van der Waals surface area contributed by atoms with E-state index >= 15 is 0 Å². The van der Waals surface area contributed by atoms with Crippen LogP contribution in [-0.2, 0) is 6.18 Å². The molecule has 3 rings (SSSR count). The number of carbonyl (C=O) groups excluding carboxylic acids is 2. The zero-order valence-corrected chi connectivity index (χ0v) is 15.7. The molecule has 0 amide bonds. The van der Waals surface area contributed by atoms with Crippen LogP contribution in [0.25, 0.3) is 11.5 Å². The van der Waals surface area contributed by atoms with Crippen LogP contribution < -0.4 is 0 Å². The van der Waals surface area contributed by atoms with Crippen LogP contribution in [0.1, 0.15) is 33.0 Å². The largest absolute Gasteiger partial charge is 0.432 e. The van der Waals surface area contributed by atoms with Gasteiger partial charge in [0, 0.05) is 6.54 Å². The third-order valence-corrected chi connectivity index (χ3v) is 4.39. The summed E-state index contributed by atoms with van der Waals surface area (Å²) < 4.78 is 44.2. The maximum atomic E-state index is 13.0. The molecule has 28 heavy (non-hydrogen) atoms. The molecule has 0 atom stereocenters. The monoisotopic (exact) mass is 413 g/mol. The first-order valence-electron chi connectivity index (χ1n) is 8.22. The van der Waals surface area contributed by atoms with Gasteiger partial charge >= 0.3 is 6.18 Å². The number of halogens is 4. The van der Waals surface area contributed by atoms with Crippen LogP contribution in [0.15, 0.2) is 27.6 Å². The van der Waals surface area contributed by atoms with Crippen molar-refractivity contribution < 1.29 is 27.2 Å². The molecule has 10 heteroatoms. The van der Waals surface area contributed by atoms with Gasteiger partial charge in [-0.15, -0.1) is 0 Å². The number of alkyl halides is 3. The summed E-state index contributed by atoms with van der Waals surface area (Å²) in [6, 6.07) is 2.64. The van der Waals surface area contributed by atoms with Crippen LogP contribution in [0.4, 0.5) is 13.2 Å². The quantitative estimate of drug-likeness (QED) is 0.762. The molecule has 1 heterocycles. The van der Waals surface area contributed by atoms with Crippen LogP contribution in [-0.4, -0.2) is 54.3 Å². The van der Waals surface area contributed by atoms with Gasteiger partial charge in [-0.2, -0.15) is 13.2 Å². The number of hydrogen-bond donors (Lipinski definition) is 0. The van der Waals surface area contributed by atoms with Gasteiger partial charge in [0.15, 0.2) is 5.69 Å². The van der Waals surface area contributed by atoms with E-state index in [4.69, 9.17) is 16.0 Å². The lowest BCUT2D eigenvalue weighted by Gasteiger charge is -2.11. The minimum absolute atomic E-state index is 0.0497. The van der Waals surface area contributed by atoms with Crippen molar-refractivity contribution in [3.05, 3.63) is 40.2 Å². The number of aromatic nitrogens is 1. The second-order valence-corrected chi connectivity index (χ2v) is 6.86. The fourth-order valence-electron chi connectivity index (χ4n) is 2.61. The first-order valence-corrected chi connectivity index (χ1v) is 8.59. The highest BCUT2D eigenvalue weighted by molar-refractivity contribution is 6.52. The van der Waals surface area contributed by atoms with Gasteiger partial charge in [0.25, 0.3) is 0 Å². The molecule has 0 saturated heterocycles. The SMILES string of the molecule is CN(C)CCN=C1CC(=O)c2oc(-c3cc(C(F)(F)F)ccc3Cl)nc2C1=O. The van der Waals surface area contributed by atoms with Gasteiger partial charge in [0.1, 0.15) is 0 Å². The van der Waals surface area contributed by atoms with Gasteiger partial charge in [0.2, 0.25) is 23.2 Å². The van der Waals surface area contributed by atoms with E-state index in [1.54, 1.807) is 0 Å². The van der Waals surface area contributed by atoms with E-state index in [0.29, 0.717) is 13.1 Å². The molecule has 0 radical (unpaired) electrons. The molecule has 0 spiro atoms. The Morgan fingerprint density at radius 2 is 2.00 bits per heavy atom. The fraction of sp³-hybridized carbons (Fsp3) is 0.333. The molecule has 2 aromatic rings. The number of carbonyl (C=O) groups is 2. The van der Waals surface area contributed by atoms with Crippen molar-refractivity contribution in [3.63, 3.8) is 0 Å². The molecular formula is C18H15ClF3N3O3. The summed E-state index contributed by atoms with van der Waals surface area (Å²) in [5.74, 6) is -1.70. The van der Waals surface area contributed by atoms with Gasteiger partial charge < -0.3 is 9.32 Å². The van der Waals surface area contributed by atoms with E-state index in [9.17, 15) is 22.8 Å². The predicted molar refractivity (Wildman–Crippen MR) is 96.1 cm³/mol. The zero-order chi connectivity index (χ0) is 20.6. The van der Waals surface area contributed by atoms with E-state index < -0.39 is 23.3 Å². The molecule has 0 N–H and O–H groups in total. The Balaban J connectivity index is 1.99. The number of fused-ring (bicyclic) bond motifs is 1. The van der Waals surface area contributed by atoms with Crippen LogP contribution in [0.5, 0.6) is 0 Å². The second-order valence-electron chi connectivity index (χ2n) is 6.45. The molecule has 148 valence electrons. The number of likely N-dealkylation sites (N-methyl/N-ethyl adjacent to an activating group) is 1. The maximum Gasteiger partial charge on any atom is 0.416 e. The van der Waals surface area contributed by atoms with Crippen molar-refractivity contribution in [1.82, 2.24) is 9.88 Å². The molecule has 6 nitrogen and oxygen atoms in total. The van der Waals surface area contributed by atoms with Crippen molar-refractivity contribution in [1.29, 1.82) is 0 Å². The summed E-state index contributed by atoms with van der Waals surface area (Å²) in [5.41, 5.74) is -1.32. The number of aliphatic imine (C=N–C) groups is 1. The van der Waals surface area contributed by atoms with Crippen LogP contribution >= 0.6 is 11.6 Å². The minimum atomic E-state index is -4.59. The number of rotatable bonds is 4. The van der Waals surface area contributed by atoms with E-state index in [2.05, 4.69) is 9.98 Å². The minimum Gasteiger partial charge on any atom is -0.432 e. The van der Waals surface area contributed by atoms with Crippen molar-refractivity contribution in [2.45, 2.75) is 12.6 Å². The Bertz CT molecular complexity index is 980. The third-order valence-electron chi connectivity index (χ3n) is 4.06. The van der Waals surface area contributed by atoms with Crippen molar-refractivity contribution >= 4 is 28.9 Å². The highest BCUT2D eigenvalue weighted by atomic mass is 35.5. The Labute approximate surface area is 163 Å². The zero-order valence-electron chi connectivity index (χ0n) is 14.9. The van der Waals surface area contributed by atoms with Gasteiger partial charge in [-0.25, -0.2) is 4.98 Å². The van der Waals surface area contributed by atoms with Crippen molar-refractivity contribution in [2.75, 3.05) is 27.2 Å². The lowest BCUT2D eigenvalue weighted by molar-refractivity contribution is -0.137. The summed E-state index contributed by atoms with van der Waals surface area (Å²) in [5, 5.41) is -0.0497.